The van der Waals surface area contributed by atoms with Crippen LogP contribution in [0.1, 0.15) is 26.3 Å². The van der Waals surface area contributed by atoms with Crippen LogP contribution in [0.2, 0.25) is 0 Å². The minimum Gasteiger partial charge on any atom is -0.218 e. The maximum absolute atomic E-state index is 13.1. The van der Waals surface area contributed by atoms with Gasteiger partial charge in [-0.1, -0.05) is 57.2 Å². The van der Waals surface area contributed by atoms with E-state index >= 15 is 0 Å². The van der Waals surface area contributed by atoms with Crippen molar-refractivity contribution in [2.75, 3.05) is 0 Å². The zero-order chi connectivity index (χ0) is 18.5. The Morgan fingerprint density at radius 3 is 1.62 bits per heavy atom. The summed E-state index contributed by atoms with van der Waals surface area (Å²) >= 11 is 0. The van der Waals surface area contributed by atoms with Gasteiger partial charge in [-0.05, 0) is 47.4 Å². The summed E-state index contributed by atoms with van der Waals surface area (Å²) in [5.41, 5.74) is 1.36. The van der Waals surface area contributed by atoms with Gasteiger partial charge in [-0.15, -0.1) is 0 Å². The van der Waals surface area contributed by atoms with Crippen LogP contribution in [0.25, 0.3) is 0 Å². The number of hydrogen-bond donors (Lipinski definition) is 0. The Bertz CT molecular complexity index is 1020. The zero-order valence-electron chi connectivity index (χ0n) is 15.1. The van der Waals surface area contributed by atoms with Gasteiger partial charge in [0.2, 0.25) is 9.84 Å². The van der Waals surface area contributed by atoms with Crippen molar-refractivity contribution in [3.63, 3.8) is 0 Å². The van der Waals surface area contributed by atoms with Crippen molar-refractivity contribution in [3.05, 3.63) is 78.4 Å². The number of fused-ring (bicyclic) bond motifs is 2. The predicted octanol–water partition coefficient (Wildman–Crippen LogP) is 5.23. The zero-order valence-corrected chi connectivity index (χ0v) is 16.7. The second kappa shape index (κ2) is 6.00. The Hall–Kier alpha value is -2.04. The molecule has 0 unspecified atom stereocenters. The molecule has 26 heavy (non-hydrogen) atoms. The first-order chi connectivity index (χ1) is 12.3. The molecule has 3 aromatic rings. The molecule has 0 aliphatic carbocycles. The maximum atomic E-state index is 13.1. The standard InChI is InChI=1S/C22H21O2S2/c1-22(2,3)16-12-14-17(15-13-16)25-18-8-4-6-10-20(18)26(23,24)21-11-7-5-9-19(21)25/h4-15H,1-3H3/q+1. The van der Waals surface area contributed by atoms with E-state index in [0.29, 0.717) is 9.79 Å². The first-order valence-electron chi connectivity index (χ1n) is 8.58. The Labute approximate surface area is 158 Å². The van der Waals surface area contributed by atoms with Gasteiger partial charge in [-0.3, -0.25) is 0 Å². The van der Waals surface area contributed by atoms with Crippen LogP contribution in [0.3, 0.4) is 0 Å². The van der Waals surface area contributed by atoms with Gasteiger partial charge in [0.05, 0.1) is 0 Å². The molecule has 0 amide bonds. The van der Waals surface area contributed by atoms with E-state index in [0.717, 1.165) is 14.7 Å². The summed E-state index contributed by atoms with van der Waals surface area (Å²) in [5, 5.41) is 0. The van der Waals surface area contributed by atoms with E-state index in [1.165, 1.54) is 5.56 Å². The molecule has 2 nitrogen and oxygen atoms in total. The molecule has 0 bridgehead atoms. The predicted molar refractivity (Wildman–Crippen MR) is 106 cm³/mol. The fourth-order valence-electron chi connectivity index (χ4n) is 3.26. The van der Waals surface area contributed by atoms with E-state index in [9.17, 15) is 8.42 Å². The monoisotopic (exact) mass is 381 g/mol. The van der Waals surface area contributed by atoms with Gasteiger partial charge in [0.1, 0.15) is 20.7 Å². The largest absolute Gasteiger partial charge is 0.218 e. The molecule has 1 aliphatic rings. The van der Waals surface area contributed by atoms with Crippen molar-refractivity contribution in [1.29, 1.82) is 0 Å². The van der Waals surface area contributed by atoms with Gasteiger partial charge in [-0.2, -0.15) is 0 Å². The van der Waals surface area contributed by atoms with Gasteiger partial charge in [0.15, 0.2) is 14.7 Å². The average molecular weight is 382 g/mol. The number of benzene rings is 3. The molecule has 132 valence electrons. The van der Waals surface area contributed by atoms with Gasteiger partial charge in [-0.25, -0.2) is 8.42 Å². The molecule has 1 aliphatic heterocycles. The molecule has 0 N–H and O–H groups in total. The van der Waals surface area contributed by atoms with Crippen LogP contribution in [-0.2, 0) is 26.1 Å². The summed E-state index contributed by atoms with van der Waals surface area (Å²) in [7, 11) is -3.89. The van der Waals surface area contributed by atoms with Gasteiger partial charge in [0, 0.05) is 0 Å². The van der Waals surface area contributed by atoms with Crippen LogP contribution in [0, 0.1) is 0 Å². The summed E-state index contributed by atoms with van der Waals surface area (Å²) in [4.78, 5) is 3.78. The Balaban J connectivity index is 1.96. The van der Waals surface area contributed by atoms with Crippen LogP contribution < -0.4 is 0 Å². The molecule has 0 saturated heterocycles. The maximum Gasteiger partial charge on any atom is 0.216 e. The van der Waals surface area contributed by atoms with Crippen LogP contribution >= 0.6 is 0 Å². The molecule has 4 rings (SSSR count). The second-order valence-electron chi connectivity index (χ2n) is 7.48. The highest BCUT2D eigenvalue weighted by Gasteiger charge is 2.44. The molecule has 0 spiro atoms. The lowest BCUT2D eigenvalue weighted by Crippen LogP contribution is -2.20. The van der Waals surface area contributed by atoms with Crippen molar-refractivity contribution >= 4 is 20.7 Å². The summed E-state index contributed by atoms with van der Waals surface area (Å²) in [6, 6.07) is 23.4. The van der Waals surface area contributed by atoms with Crippen molar-refractivity contribution in [2.24, 2.45) is 0 Å². The van der Waals surface area contributed by atoms with Crippen molar-refractivity contribution < 1.29 is 8.42 Å². The third kappa shape index (κ3) is 2.68. The third-order valence-electron chi connectivity index (χ3n) is 4.67. The van der Waals surface area contributed by atoms with Crippen LogP contribution in [0.5, 0.6) is 0 Å². The molecule has 1 heterocycles. The SMILES string of the molecule is CC(C)(C)c1ccc([S+]2c3ccccc3S(=O)(=O)c3ccccc32)cc1. The highest BCUT2D eigenvalue weighted by atomic mass is 32.2. The molecular weight excluding hydrogens is 360 g/mol. The van der Waals surface area contributed by atoms with Gasteiger partial charge in [0.25, 0.3) is 0 Å². The van der Waals surface area contributed by atoms with E-state index in [2.05, 4.69) is 45.0 Å². The summed E-state index contributed by atoms with van der Waals surface area (Å²) in [6.07, 6.45) is 0. The van der Waals surface area contributed by atoms with E-state index in [1.54, 1.807) is 24.3 Å². The van der Waals surface area contributed by atoms with E-state index in [4.69, 9.17) is 0 Å². The van der Waals surface area contributed by atoms with Crippen LogP contribution in [0.4, 0.5) is 0 Å². The van der Waals surface area contributed by atoms with Gasteiger partial charge < -0.3 is 0 Å². The highest BCUT2D eigenvalue weighted by molar-refractivity contribution is 8.00. The quantitative estimate of drug-likeness (QED) is 0.423. The lowest BCUT2D eigenvalue weighted by atomic mass is 9.87. The molecule has 0 fully saturated rings. The molecule has 0 atom stereocenters. The fraction of sp³-hybridized carbons (Fsp3) is 0.182. The third-order valence-corrected chi connectivity index (χ3v) is 9.14. The Kier molecular flexibility index (Phi) is 4.01. The van der Waals surface area contributed by atoms with Crippen molar-refractivity contribution in [1.82, 2.24) is 0 Å². The average Bonchev–Trinajstić information content (AvgIpc) is 2.62. The summed E-state index contributed by atoms with van der Waals surface area (Å²) < 4.78 is 26.1. The number of sulfone groups is 1. The first kappa shape index (κ1) is 17.4. The van der Waals surface area contributed by atoms with Crippen LogP contribution in [-0.4, -0.2) is 8.42 Å². The van der Waals surface area contributed by atoms with Crippen LogP contribution in [0.15, 0.2) is 97.3 Å². The second-order valence-corrected chi connectivity index (χ2v) is 11.3. The fourth-order valence-corrected chi connectivity index (χ4v) is 7.96. The molecule has 0 radical (unpaired) electrons. The number of hydrogen-bond acceptors (Lipinski definition) is 2. The summed E-state index contributed by atoms with van der Waals surface area (Å²) in [5.74, 6) is 0. The van der Waals surface area contributed by atoms with E-state index in [1.807, 2.05) is 24.3 Å². The minimum atomic E-state index is -3.47. The topological polar surface area (TPSA) is 34.1 Å². The minimum absolute atomic E-state index is 0.0906. The van der Waals surface area contributed by atoms with Crippen molar-refractivity contribution in [3.8, 4) is 0 Å². The molecule has 3 aromatic carbocycles. The van der Waals surface area contributed by atoms with E-state index in [-0.39, 0.29) is 5.41 Å². The molecular formula is C22H21O2S2+. The van der Waals surface area contributed by atoms with Crippen molar-refractivity contribution in [2.45, 2.75) is 50.7 Å². The van der Waals surface area contributed by atoms with E-state index < -0.39 is 20.7 Å². The molecule has 0 saturated carbocycles. The normalized spacial score (nSPS) is 16.0. The highest BCUT2D eigenvalue weighted by Crippen LogP contribution is 2.44. The molecule has 0 aromatic heterocycles. The Morgan fingerprint density at radius 2 is 1.15 bits per heavy atom. The number of rotatable bonds is 1. The first-order valence-corrected chi connectivity index (χ1v) is 11.3. The lowest BCUT2D eigenvalue weighted by Gasteiger charge is -2.21. The molecule has 4 heteroatoms. The van der Waals surface area contributed by atoms with Gasteiger partial charge >= 0.3 is 0 Å². The Morgan fingerprint density at radius 1 is 0.692 bits per heavy atom. The smallest absolute Gasteiger partial charge is 0.216 e. The lowest BCUT2D eigenvalue weighted by molar-refractivity contribution is 0.589. The summed E-state index contributed by atoms with van der Waals surface area (Å²) in [6.45, 7) is 6.59.